The average molecular weight is 560 g/mol. The molecule has 0 rings (SSSR count). The van der Waals surface area contributed by atoms with Crippen molar-refractivity contribution < 1.29 is 141 Å². The van der Waals surface area contributed by atoms with Gasteiger partial charge in [0.05, 0.1) is 0 Å². The zero-order chi connectivity index (χ0) is 16.2. The molecule has 136 valence electrons. The van der Waals surface area contributed by atoms with Crippen LogP contribution in [0, 0.1) is 0 Å². The smallest absolute Gasteiger partial charge is 1.00 e. The van der Waals surface area contributed by atoms with Gasteiger partial charge in [-0.25, -0.2) is 9.59 Å². The van der Waals surface area contributed by atoms with Crippen molar-refractivity contribution in [1.29, 1.82) is 0 Å². The second-order valence-electron chi connectivity index (χ2n) is 1.46. The van der Waals surface area contributed by atoms with Gasteiger partial charge in [-0.15, -0.1) is 0 Å². The van der Waals surface area contributed by atoms with E-state index in [1.54, 1.807) is 0 Å². The van der Waals surface area contributed by atoms with Crippen LogP contribution in [0.15, 0.2) is 0 Å². The van der Waals surface area contributed by atoms with Crippen molar-refractivity contribution in [3.8, 4) is 0 Å². The number of carbonyl (C=O) groups is 2. The van der Waals surface area contributed by atoms with Crippen LogP contribution < -0.4 is 29.6 Å². The summed E-state index contributed by atoms with van der Waals surface area (Å²) in [6, 6.07) is 0. The van der Waals surface area contributed by atoms with Crippen LogP contribution >= 0.6 is 0 Å². The number of hydrogen-bond donors (Lipinski definition) is 8. The number of hydrogen-bond acceptors (Lipinski definition) is 6. The van der Waals surface area contributed by atoms with Crippen LogP contribution in [0.1, 0.15) is 1.43 Å². The molecule has 14 nitrogen and oxygen atoms in total. The summed E-state index contributed by atoms with van der Waals surface area (Å²) in [6.45, 7) is 0. The molecule has 0 unspecified atom stereocenters. The molecule has 0 aromatic carbocycles. The first kappa shape index (κ1) is 43.0. The maximum absolute atomic E-state index is 8.74. The summed E-state index contributed by atoms with van der Waals surface area (Å²) in [5.74, 6) is 0. The first-order valence-corrected chi connectivity index (χ1v) is 5.49. The van der Waals surface area contributed by atoms with E-state index in [4.69, 9.17) is 65.1 Å². The Morgan fingerprint density at radius 2 is 0.619 bits per heavy atom. The second kappa shape index (κ2) is 23.0. The fraction of sp³-hybridized carbons (Fsp3) is 0. The van der Waals surface area contributed by atoms with E-state index in [9.17, 15) is 0 Å². The van der Waals surface area contributed by atoms with E-state index in [1.807, 2.05) is 0 Å². The minimum absolute atomic E-state index is 0. The third-order valence-corrected chi connectivity index (χ3v) is 0. The molecule has 0 bridgehead atoms. The summed E-state index contributed by atoms with van der Waals surface area (Å²) in [7, 11) is -9.33. The Morgan fingerprint density at radius 1 is 0.619 bits per heavy atom. The van der Waals surface area contributed by atoms with Crippen LogP contribution in [-0.2, 0) is 65.6 Å². The molecular formula is C2H9Ag2NaO14S2. The average Bonchev–Trinajstić information content (AvgIpc) is 1.70. The minimum Gasteiger partial charge on any atom is -1.00 e. The van der Waals surface area contributed by atoms with E-state index >= 15 is 0 Å². The van der Waals surface area contributed by atoms with Gasteiger partial charge < -0.3 is 21.9 Å². The van der Waals surface area contributed by atoms with E-state index in [0.717, 1.165) is 0 Å². The topological polar surface area (TPSA) is 264 Å². The first-order valence-electron chi connectivity index (χ1n) is 2.70. The van der Waals surface area contributed by atoms with Gasteiger partial charge in [0, 0.05) is 44.8 Å². The van der Waals surface area contributed by atoms with E-state index < -0.39 is 33.1 Å². The van der Waals surface area contributed by atoms with Crippen molar-refractivity contribution in [1.82, 2.24) is 0 Å². The molecule has 0 atom stereocenters. The third kappa shape index (κ3) is 12600. The molecule has 0 spiro atoms. The van der Waals surface area contributed by atoms with Gasteiger partial charge in [0.1, 0.15) is 0 Å². The summed E-state index contributed by atoms with van der Waals surface area (Å²) < 4.78 is 63.2. The van der Waals surface area contributed by atoms with Gasteiger partial charge in [0.25, 0.3) is 0 Å². The third-order valence-electron chi connectivity index (χ3n) is 0. The predicted molar refractivity (Wildman–Crippen MR) is 50.8 cm³/mol. The molecule has 0 fully saturated rings. The van der Waals surface area contributed by atoms with Crippen LogP contribution in [0.25, 0.3) is 0 Å². The van der Waals surface area contributed by atoms with Crippen molar-refractivity contribution in [3.05, 3.63) is 0 Å². The Labute approximate surface area is 172 Å². The van der Waals surface area contributed by atoms with Crippen LogP contribution in [0.5, 0.6) is 0 Å². The molecule has 0 amide bonds. The maximum Gasteiger partial charge on any atom is 1.00 e. The van der Waals surface area contributed by atoms with Gasteiger partial charge in [0.15, 0.2) is 0 Å². The van der Waals surface area contributed by atoms with E-state index in [2.05, 4.69) is 0 Å². The van der Waals surface area contributed by atoms with Crippen molar-refractivity contribution in [2.75, 3.05) is 0 Å². The molecule has 0 saturated heterocycles. The van der Waals surface area contributed by atoms with E-state index in [1.165, 1.54) is 0 Å². The molecule has 0 aliphatic heterocycles. The van der Waals surface area contributed by atoms with Crippen molar-refractivity contribution in [2.24, 2.45) is 0 Å². The largest absolute Gasteiger partial charge is 1.00 e. The van der Waals surface area contributed by atoms with Gasteiger partial charge >= 0.3 is 62.7 Å². The van der Waals surface area contributed by atoms with Crippen LogP contribution in [-0.4, -0.2) is 67.8 Å². The Hall–Kier alpha value is 0.761. The molecule has 19 heteroatoms. The molecule has 0 heterocycles. The van der Waals surface area contributed by atoms with Crippen molar-refractivity contribution in [3.63, 3.8) is 0 Å². The first-order chi connectivity index (χ1) is 7.46. The van der Waals surface area contributed by atoms with Crippen LogP contribution in [0.2, 0.25) is 0 Å². The fourth-order valence-corrected chi connectivity index (χ4v) is 0. The van der Waals surface area contributed by atoms with Crippen LogP contribution in [0.4, 0.5) is 9.59 Å². The molecule has 2 radical (unpaired) electrons. The molecule has 0 aliphatic rings. The standard InChI is InChI=1S/2CH2O3.2Ag.Na.2H2O4S.H/c2*2-1(3)4;;;;2*1-5(2,3)4;/h2*(H2,2,3,4);;;;2*(H2,1,2,3,4);/q;;;;+1;;;-1. The molecule has 0 aromatic heterocycles. The SMILES string of the molecule is O=C(O)O.O=C(O)O.O=S(=O)(O)O.O=S(=O)(O)O.[Ag].[Ag].[H-].[Na+]. The Balaban J connectivity index is -0.0000000188. The molecule has 0 aromatic rings. The second-order valence-corrected chi connectivity index (χ2v) is 3.25. The maximum atomic E-state index is 8.74. The monoisotopic (exact) mass is 558 g/mol. The zero-order valence-corrected chi connectivity index (χ0v) is 16.0. The van der Waals surface area contributed by atoms with E-state index in [-0.39, 0.29) is 75.7 Å². The molecule has 0 saturated carbocycles. The minimum atomic E-state index is -4.67. The van der Waals surface area contributed by atoms with E-state index in [0.29, 0.717) is 0 Å². The van der Waals surface area contributed by atoms with Gasteiger partial charge in [-0.3, -0.25) is 18.2 Å². The van der Waals surface area contributed by atoms with Crippen LogP contribution in [0.3, 0.4) is 0 Å². The summed E-state index contributed by atoms with van der Waals surface area (Å²) in [6.07, 6.45) is -3.67. The Bertz CT molecular complexity index is 366. The summed E-state index contributed by atoms with van der Waals surface area (Å²) in [5, 5.41) is 27.9. The summed E-state index contributed by atoms with van der Waals surface area (Å²) in [4.78, 5) is 17.1. The fourth-order valence-electron chi connectivity index (χ4n) is 0. The molecule has 0 aliphatic carbocycles. The van der Waals surface area contributed by atoms with Gasteiger partial charge in [0.2, 0.25) is 0 Å². The van der Waals surface area contributed by atoms with Gasteiger partial charge in [-0.2, -0.15) is 16.8 Å². The quantitative estimate of drug-likeness (QED) is 0.105. The number of rotatable bonds is 0. The normalized spacial score (nSPS) is 7.81. The molecular weight excluding hydrogens is 551 g/mol. The predicted octanol–water partition coefficient (Wildman–Crippen LogP) is -3.75. The summed E-state index contributed by atoms with van der Waals surface area (Å²) in [5.41, 5.74) is 0. The van der Waals surface area contributed by atoms with Gasteiger partial charge in [-0.1, -0.05) is 0 Å². The Kier molecular flexibility index (Phi) is 47.2. The Morgan fingerprint density at radius 3 is 0.619 bits per heavy atom. The molecule has 8 N–H and O–H groups in total. The number of carboxylic acid groups (broad SMARTS) is 4. The molecule has 21 heavy (non-hydrogen) atoms. The van der Waals surface area contributed by atoms with Crippen molar-refractivity contribution >= 4 is 33.1 Å². The van der Waals surface area contributed by atoms with Gasteiger partial charge in [-0.05, 0) is 0 Å². The zero-order valence-electron chi connectivity index (χ0n) is 10.4. The summed E-state index contributed by atoms with van der Waals surface area (Å²) >= 11 is 0. The van der Waals surface area contributed by atoms with Crippen molar-refractivity contribution in [2.45, 2.75) is 0 Å².